The van der Waals surface area contributed by atoms with Crippen LogP contribution in [0.2, 0.25) is 0 Å². The van der Waals surface area contributed by atoms with Gasteiger partial charge < -0.3 is 14.7 Å². The van der Waals surface area contributed by atoms with E-state index in [4.69, 9.17) is 0 Å². The third kappa shape index (κ3) is 4.10. The maximum atomic E-state index is 15.4. The first-order valence-corrected chi connectivity index (χ1v) is 11.2. The number of nitrogens with zero attached hydrogens (tertiary/aromatic N) is 1. The number of hydrogen-bond acceptors (Lipinski definition) is 3. The lowest BCUT2D eigenvalue weighted by atomic mass is 9.99. The van der Waals surface area contributed by atoms with Crippen LogP contribution in [0.5, 0.6) is 0 Å². The van der Waals surface area contributed by atoms with Crippen molar-refractivity contribution in [3.8, 4) is 0 Å². The average Bonchev–Trinajstić information content (AvgIpc) is 3.17. The van der Waals surface area contributed by atoms with E-state index in [1.54, 1.807) is 0 Å². The van der Waals surface area contributed by atoms with Crippen LogP contribution in [0.15, 0.2) is 17.2 Å². The second-order valence-electron chi connectivity index (χ2n) is 8.77. The molecule has 4 nitrogen and oxygen atoms in total. The second-order valence-corrected chi connectivity index (χ2v) is 8.77. The van der Waals surface area contributed by atoms with E-state index < -0.39 is 139 Å². The molecule has 2 N–H and O–H groups in total. The number of benzene rings is 3. The van der Waals surface area contributed by atoms with Crippen LogP contribution in [-0.4, -0.2) is 17.4 Å². The molecule has 4 rings (SSSR count). The van der Waals surface area contributed by atoms with Crippen LogP contribution in [0.3, 0.4) is 0 Å². The molecule has 3 aromatic carbocycles. The molecule has 0 atom stereocenters. The monoisotopic (exact) mass is 654 g/mol. The van der Waals surface area contributed by atoms with Crippen molar-refractivity contribution in [1.29, 1.82) is 0 Å². The number of hydrogen-bond donors (Lipinski definition) is 2. The summed E-state index contributed by atoms with van der Waals surface area (Å²) in [5.41, 5.74) is -12.4. The van der Waals surface area contributed by atoms with Gasteiger partial charge in [0.1, 0.15) is 5.70 Å². The van der Waals surface area contributed by atoms with Crippen LogP contribution in [0.4, 0.5) is 77.2 Å². The van der Waals surface area contributed by atoms with E-state index in [0.29, 0.717) is 0 Å². The fourth-order valence-electron chi connectivity index (χ4n) is 4.84. The van der Waals surface area contributed by atoms with E-state index in [1.807, 2.05) is 0 Å². The highest BCUT2D eigenvalue weighted by molar-refractivity contribution is 6.33. The van der Waals surface area contributed by atoms with Gasteiger partial charge in [-0.3, -0.25) is 0 Å². The Hall–Kier alpha value is -4.17. The fourth-order valence-corrected chi connectivity index (χ4v) is 4.84. The Labute approximate surface area is 233 Å². The third-order valence-electron chi connectivity index (χ3n) is 6.65. The zero-order valence-electron chi connectivity index (χ0n) is 21.0. The van der Waals surface area contributed by atoms with E-state index in [2.05, 4.69) is 4.65 Å². The standard InChI is InChI=1S/C24H8BF15NO3/c1-3-5(6-7(26)9(28)11(30)10(29)8(6)27)24(44-25(42)43)4(2)41(3,22-18(37)14(33)12(31)15(34)19(22)38)23-20(39)16(35)13(32)17(36)21(23)40/h42-43H,1-2H3/q+1. The van der Waals surface area contributed by atoms with Gasteiger partial charge in [-0.1, -0.05) is 0 Å². The van der Waals surface area contributed by atoms with Crippen LogP contribution < -0.4 is 4.48 Å². The normalized spacial score (nSPS) is 14.7. The van der Waals surface area contributed by atoms with E-state index in [-0.39, 0.29) is 13.8 Å². The molecule has 0 saturated heterocycles. The Morgan fingerprint density at radius 1 is 0.432 bits per heavy atom. The lowest BCUT2D eigenvalue weighted by molar-refractivity contribution is 0.242. The summed E-state index contributed by atoms with van der Waals surface area (Å²) in [5, 5.41) is 18.8. The Bertz CT molecular complexity index is 1700. The van der Waals surface area contributed by atoms with Gasteiger partial charge in [0.05, 0.1) is 11.1 Å². The van der Waals surface area contributed by atoms with Gasteiger partial charge in [-0.15, -0.1) is 0 Å². The number of halogens is 15. The Morgan fingerprint density at radius 2 is 0.705 bits per heavy atom. The zero-order valence-corrected chi connectivity index (χ0v) is 21.0. The minimum atomic E-state index is -3.25. The number of quaternary nitrogens is 1. The molecule has 1 aliphatic heterocycles. The van der Waals surface area contributed by atoms with Gasteiger partial charge >= 0.3 is 7.32 Å². The van der Waals surface area contributed by atoms with Gasteiger partial charge in [0.2, 0.25) is 75.4 Å². The maximum Gasteiger partial charge on any atom is 0.707 e. The summed E-state index contributed by atoms with van der Waals surface area (Å²) in [6.45, 7) is 0.490. The molecule has 0 fully saturated rings. The van der Waals surface area contributed by atoms with Gasteiger partial charge in [-0.25, -0.2) is 48.3 Å². The largest absolute Gasteiger partial charge is 0.707 e. The summed E-state index contributed by atoms with van der Waals surface area (Å²) in [7, 11) is -3.25. The van der Waals surface area contributed by atoms with Crippen molar-refractivity contribution in [3.05, 3.63) is 110 Å². The molecule has 0 bridgehead atoms. The van der Waals surface area contributed by atoms with Crippen molar-refractivity contribution in [1.82, 2.24) is 4.48 Å². The van der Waals surface area contributed by atoms with Crippen LogP contribution >= 0.6 is 0 Å². The summed E-state index contributed by atoms with van der Waals surface area (Å²) in [5.74, 6) is -45.5. The van der Waals surface area contributed by atoms with Gasteiger partial charge in [-0.2, -0.15) is 22.0 Å². The Morgan fingerprint density at radius 3 is 1.00 bits per heavy atom. The summed E-state index contributed by atoms with van der Waals surface area (Å²) >= 11 is 0. The lowest BCUT2D eigenvalue weighted by Crippen LogP contribution is -2.43. The molecular weight excluding hydrogens is 646 g/mol. The zero-order chi connectivity index (χ0) is 33.5. The summed E-state index contributed by atoms with van der Waals surface area (Å²) in [6.07, 6.45) is 0. The van der Waals surface area contributed by atoms with Crippen LogP contribution in [0.1, 0.15) is 19.4 Å². The molecule has 1 aliphatic rings. The summed E-state index contributed by atoms with van der Waals surface area (Å²) < 4.78 is 221. The molecule has 0 spiro atoms. The van der Waals surface area contributed by atoms with E-state index >= 15 is 26.3 Å². The minimum Gasteiger partial charge on any atom is -0.507 e. The van der Waals surface area contributed by atoms with Crippen LogP contribution in [0, 0.1) is 87.3 Å². The topological polar surface area (TPSA) is 49.7 Å². The molecule has 0 aliphatic carbocycles. The molecule has 20 heteroatoms. The summed E-state index contributed by atoms with van der Waals surface area (Å²) in [6, 6.07) is 0. The van der Waals surface area contributed by atoms with Gasteiger partial charge in [0, 0.05) is 13.8 Å². The Kier molecular flexibility index (Phi) is 8.02. The van der Waals surface area contributed by atoms with Gasteiger partial charge in [-0.05, 0) is 0 Å². The highest BCUT2D eigenvalue weighted by Crippen LogP contribution is 2.58. The third-order valence-corrected chi connectivity index (χ3v) is 6.65. The molecule has 0 aromatic heterocycles. The van der Waals surface area contributed by atoms with Crippen molar-refractivity contribution in [3.63, 3.8) is 0 Å². The van der Waals surface area contributed by atoms with Crippen molar-refractivity contribution in [2.45, 2.75) is 13.8 Å². The quantitative estimate of drug-likeness (QED) is 0.102. The number of rotatable bonds is 5. The van der Waals surface area contributed by atoms with E-state index in [0.717, 1.165) is 0 Å². The van der Waals surface area contributed by atoms with Gasteiger partial charge in [0.25, 0.3) is 0 Å². The molecule has 0 amide bonds. The average molecular weight is 654 g/mol. The van der Waals surface area contributed by atoms with Crippen LogP contribution in [0.25, 0.3) is 5.57 Å². The highest BCUT2D eigenvalue weighted by Gasteiger charge is 2.59. The first kappa shape index (κ1) is 32.7. The molecule has 1 heterocycles. The molecule has 44 heavy (non-hydrogen) atoms. The molecule has 0 radical (unpaired) electrons. The molecule has 0 unspecified atom stereocenters. The minimum absolute atomic E-state index is 0.215. The molecular formula is C24H8BF15NO3+. The predicted octanol–water partition coefficient (Wildman–Crippen LogP) is 7.07. The van der Waals surface area contributed by atoms with Crippen molar-refractivity contribution < 1.29 is 80.6 Å². The molecule has 3 aromatic rings. The lowest BCUT2D eigenvalue weighted by Gasteiger charge is -2.36. The Balaban J connectivity index is 2.46. The first-order chi connectivity index (χ1) is 20.3. The van der Waals surface area contributed by atoms with Crippen molar-refractivity contribution in [2.24, 2.45) is 0 Å². The van der Waals surface area contributed by atoms with Crippen LogP contribution in [-0.2, 0) is 4.65 Å². The predicted molar refractivity (Wildman–Crippen MR) is 117 cm³/mol. The number of allylic oxidation sites excluding steroid dienone is 3. The molecule has 234 valence electrons. The van der Waals surface area contributed by atoms with Crippen molar-refractivity contribution in [2.75, 3.05) is 0 Å². The van der Waals surface area contributed by atoms with Crippen molar-refractivity contribution >= 4 is 24.3 Å². The first-order valence-electron chi connectivity index (χ1n) is 11.2. The van der Waals surface area contributed by atoms with E-state index in [9.17, 15) is 49.6 Å². The SMILES string of the molecule is CC1=C(OB(O)O)C(c2c(F)c(F)c(F)c(F)c2F)=C(C)[N+]1(c1c(F)c(F)c(F)c(F)c1F)c1c(F)c(F)c(F)c(F)c1F. The van der Waals surface area contributed by atoms with E-state index in [1.165, 1.54) is 0 Å². The maximum absolute atomic E-state index is 15.4. The fraction of sp³-hybridized carbons (Fsp3) is 0.0833. The highest BCUT2D eigenvalue weighted by atomic mass is 19.2. The summed E-state index contributed by atoms with van der Waals surface area (Å²) in [4.78, 5) is 0. The van der Waals surface area contributed by atoms with Gasteiger partial charge in [0.15, 0.2) is 34.7 Å². The second kappa shape index (κ2) is 10.8. The molecule has 0 saturated carbocycles. The smallest absolute Gasteiger partial charge is 0.507 e.